The van der Waals surface area contributed by atoms with Crippen LogP contribution in [-0.4, -0.2) is 50.7 Å². The zero-order chi connectivity index (χ0) is 26.4. The van der Waals surface area contributed by atoms with Gasteiger partial charge in [0.05, 0.1) is 34.4 Å². The lowest BCUT2D eigenvalue weighted by Gasteiger charge is -2.29. The summed E-state index contributed by atoms with van der Waals surface area (Å²) in [6.45, 7) is 11.9. The Bertz CT molecular complexity index is 1130. The molecule has 1 aromatic carbocycles. The average molecular weight is 513 g/mol. The molecule has 36 heavy (non-hydrogen) atoms. The SMILES string of the molecule is CC.Cc1ncsc1-c1ccc(C(C)NC(=O)C2CC(O)CN2C(=O)C(c2ccno2)C(C)C)cc1. The normalized spacial score (nSPS) is 18.9. The van der Waals surface area contributed by atoms with Crippen LogP contribution in [0, 0.1) is 12.8 Å². The topological polar surface area (TPSA) is 109 Å². The number of carbonyl (C=O) groups is 2. The van der Waals surface area contributed by atoms with Crippen molar-refractivity contribution in [2.45, 2.75) is 72.1 Å². The number of amides is 2. The summed E-state index contributed by atoms with van der Waals surface area (Å²) in [5.74, 6) is -0.671. The predicted molar refractivity (Wildman–Crippen MR) is 140 cm³/mol. The number of hydrogen-bond donors (Lipinski definition) is 2. The molecule has 1 fully saturated rings. The molecule has 4 atom stereocenters. The molecule has 4 unspecified atom stereocenters. The number of aromatic nitrogens is 2. The van der Waals surface area contributed by atoms with Crippen LogP contribution in [0.25, 0.3) is 10.4 Å². The highest BCUT2D eigenvalue weighted by Crippen LogP contribution is 2.31. The van der Waals surface area contributed by atoms with Crippen LogP contribution >= 0.6 is 11.3 Å². The Labute approximate surface area is 216 Å². The molecule has 8 nitrogen and oxygen atoms in total. The van der Waals surface area contributed by atoms with Gasteiger partial charge in [0.2, 0.25) is 11.8 Å². The molecule has 2 amide bonds. The highest BCUT2D eigenvalue weighted by Gasteiger charge is 2.43. The summed E-state index contributed by atoms with van der Waals surface area (Å²) >= 11 is 1.60. The van der Waals surface area contributed by atoms with Crippen LogP contribution in [0.15, 0.2) is 46.6 Å². The first kappa shape index (κ1) is 27.5. The van der Waals surface area contributed by atoms with E-state index in [2.05, 4.69) is 15.5 Å². The van der Waals surface area contributed by atoms with Gasteiger partial charge in [-0.1, -0.05) is 57.1 Å². The van der Waals surface area contributed by atoms with Crippen molar-refractivity contribution < 1.29 is 19.2 Å². The second-order valence-corrected chi connectivity index (χ2v) is 10.0. The molecule has 194 valence electrons. The van der Waals surface area contributed by atoms with E-state index in [0.29, 0.717) is 5.76 Å². The summed E-state index contributed by atoms with van der Waals surface area (Å²) in [5.41, 5.74) is 4.87. The molecule has 2 aromatic heterocycles. The maximum absolute atomic E-state index is 13.4. The third kappa shape index (κ3) is 6.02. The Balaban J connectivity index is 0.00000176. The van der Waals surface area contributed by atoms with Crippen LogP contribution in [0.2, 0.25) is 0 Å². The van der Waals surface area contributed by atoms with E-state index in [4.69, 9.17) is 4.52 Å². The molecular weight excluding hydrogens is 476 g/mol. The van der Waals surface area contributed by atoms with Crippen LogP contribution in [-0.2, 0) is 9.59 Å². The molecule has 0 spiro atoms. The van der Waals surface area contributed by atoms with Gasteiger partial charge < -0.3 is 19.8 Å². The maximum Gasteiger partial charge on any atom is 0.243 e. The number of rotatable bonds is 7. The molecule has 0 bridgehead atoms. The van der Waals surface area contributed by atoms with Gasteiger partial charge in [0.25, 0.3) is 0 Å². The molecule has 3 heterocycles. The molecule has 1 aliphatic rings. The van der Waals surface area contributed by atoms with Gasteiger partial charge >= 0.3 is 0 Å². The minimum atomic E-state index is -0.750. The number of aryl methyl sites for hydroxylation is 1. The number of carbonyl (C=O) groups excluding carboxylic acids is 2. The van der Waals surface area contributed by atoms with Crippen LogP contribution in [0.4, 0.5) is 0 Å². The highest BCUT2D eigenvalue weighted by atomic mass is 32.1. The first-order valence-corrected chi connectivity index (χ1v) is 13.3. The fraction of sp³-hybridized carbons (Fsp3) is 0.481. The molecule has 0 aliphatic carbocycles. The Morgan fingerprint density at radius 1 is 1.17 bits per heavy atom. The summed E-state index contributed by atoms with van der Waals surface area (Å²) in [6.07, 6.45) is 0.957. The van der Waals surface area contributed by atoms with Gasteiger partial charge in [-0.15, -0.1) is 11.3 Å². The van der Waals surface area contributed by atoms with Crippen molar-refractivity contribution in [3.8, 4) is 10.4 Å². The Hall–Kier alpha value is -3.04. The molecule has 4 rings (SSSR count). The summed E-state index contributed by atoms with van der Waals surface area (Å²) < 4.78 is 5.26. The smallest absolute Gasteiger partial charge is 0.243 e. The first-order chi connectivity index (χ1) is 17.3. The molecule has 3 aromatic rings. The predicted octanol–water partition coefficient (Wildman–Crippen LogP) is 4.71. The number of aliphatic hydroxyl groups excluding tert-OH is 1. The zero-order valence-electron chi connectivity index (χ0n) is 21.8. The van der Waals surface area contributed by atoms with Crippen LogP contribution in [0.1, 0.15) is 70.0 Å². The van der Waals surface area contributed by atoms with Crippen molar-refractivity contribution in [3.63, 3.8) is 0 Å². The number of hydrogen-bond acceptors (Lipinski definition) is 7. The van der Waals surface area contributed by atoms with E-state index in [1.54, 1.807) is 17.4 Å². The van der Waals surface area contributed by atoms with Crippen LogP contribution < -0.4 is 5.32 Å². The van der Waals surface area contributed by atoms with E-state index in [0.717, 1.165) is 21.7 Å². The monoisotopic (exact) mass is 512 g/mol. The van der Waals surface area contributed by atoms with Crippen LogP contribution in [0.5, 0.6) is 0 Å². The van der Waals surface area contributed by atoms with Crippen molar-refractivity contribution in [2.24, 2.45) is 5.92 Å². The minimum absolute atomic E-state index is 0.0541. The van der Waals surface area contributed by atoms with Crippen LogP contribution in [0.3, 0.4) is 0 Å². The van der Waals surface area contributed by atoms with Gasteiger partial charge in [-0.2, -0.15) is 0 Å². The van der Waals surface area contributed by atoms with E-state index in [1.807, 2.05) is 71.3 Å². The van der Waals surface area contributed by atoms with Gasteiger partial charge in [0.15, 0.2) is 0 Å². The van der Waals surface area contributed by atoms with Crippen molar-refractivity contribution in [2.75, 3.05) is 6.54 Å². The van der Waals surface area contributed by atoms with E-state index >= 15 is 0 Å². The lowest BCUT2D eigenvalue weighted by Crippen LogP contribution is -2.48. The molecule has 1 saturated heterocycles. The first-order valence-electron chi connectivity index (χ1n) is 12.5. The highest BCUT2D eigenvalue weighted by molar-refractivity contribution is 7.13. The molecule has 0 saturated carbocycles. The van der Waals surface area contributed by atoms with Gasteiger partial charge in [-0.3, -0.25) is 9.59 Å². The van der Waals surface area contributed by atoms with Crippen molar-refractivity contribution in [1.82, 2.24) is 20.4 Å². The zero-order valence-corrected chi connectivity index (χ0v) is 22.6. The Morgan fingerprint density at radius 2 is 1.86 bits per heavy atom. The quantitative estimate of drug-likeness (QED) is 0.475. The third-order valence-corrected chi connectivity index (χ3v) is 7.32. The lowest BCUT2D eigenvalue weighted by molar-refractivity contribution is -0.141. The van der Waals surface area contributed by atoms with Gasteiger partial charge in [0, 0.05) is 19.0 Å². The molecule has 9 heteroatoms. The molecule has 2 N–H and O–H groups in total. The maximum atomic E-state index is 13.4. The summed E-state index contributed by atoms with van der Waals surface area (Å²) in [6, 6.07) is 8.71. The number of β-amino-alcohol motifs (C(OH)–C–C–N with tert-alkyl or cyclic N) is 1. The molecular formula is C27H36N4O4S. The van der Waals surface area contributed by atoms with Gasteiger partial charge in [-0.25, -0.2) is 4.98 Å². The third-order valence-electron chi connectivity index (χ3n) is 6.34. The Kier molecular flexibility index (Phi) is 9.39. The standard InChI is InChI=1S/C25H30N4O4S.C2H6/c1-14(2)22(21-9-10-27-33-21)25(32)29-12-19(30)11-20(29)24(31)28-15(3)17-5-7-18(8-6-17)23-16(4)26-13-34-23;1-2/h5-10,13-15,19-20,22,30H,11-12H2,1-4H3,(H,28,31);1-2H3. The largest absolute Gasteiger partial charge is 0.391 e. The fourth-order valence-electron chi connectivity index (χ4n) is 4.50. The van der Waals surface area contributed by atoms with Gasteiger partial charge in [-0.05, 0) is 30.9 Å². The number of benzene rings is 1. The summed E-state index contributed by atoms with van der Waals surface area (Å²) in [5, 5.41) is 17.0. The summed E-state index contributed by atoms with van der Waals surface area (Å²) in [4.78, 5) is 33.5. The number of thiazole rings is 1. The van der Waals surface area contributed by atoms with E-state index in [9.17, 15) is 14.7 Å². The number of likely N-dealkylation sites (tertiary alicyclic amines) is 1. The van der Waals surface area contributed by atoms with E-state index < -0.39 is 18.1 Å². The lowest BCUT2D eigenvalue weighted by atomic mass is 9.91. The van der Waals surface area contributed by atoms with Gasteiger partial charge in [0.1, 0.15) is 17.7 Å². The van der Waals surface area contributed by atoms with Crippen molar-refractivity contribution >= 4 is 23.2 Å². The van der Waals surface area contributed by atoms with E-state index in [1.165, 1.54) is 11.1 Å². The number of aliphatic hydroxyl groups is 1. The summed E-state index contributed by atoms with van der Waals surface area (Å²) in [7, 11) is 0. The van der Waals surface area contributed by atoms with Crippen molar-refractivity contribution in [3.05, 3.63) is 59.1 Å². The molecule has 1 aliphatic heterocycles. The number of nitrogens with zero attached hydrogens (tertiary/aromatic N) is 3. The number of nitrogens with one attached hydrogen (secondary N) is 1. The minimum Gasteiger partial charge on any atom is -0.391 e. The van der Waals surface area contributed by atoms with Crippen molar-refractivity contribution in [1.29, 1.82) is 0 Å². The Morgan fingerprint density at radius 3 is 2.42 bits per heavy atom. The van der Waals surface area contributed by atoms with E-state index in [-0.39, 0.29) is 36.7 Å². The molecule has 0 radical (unpaired) electrons. The second kappa shape index (κ2) is 12.3. The second-order valence-electron chi connectivity index (χ2n) is 9.15. The fourth-order valence-corrected chi connectivity index (χ4v) is 5.31. The average Bonchev–Trinajstić information content (AvgIpc) is 3.62.